The summed E-state index contributed by atoms with van der Waals surface area (Å²) in [5, 5.41) is 0. The monoisotopic (exact) mass is 571 g/mol. The van der Waals surface area contributed by atoms with E-state index in [4.69, 9.17) is 18.9 Å². The second kappa shape index (κ2) is 16.3. The maximum Gasteiger partial charge on any atom is 0.519 e. The van der Waals surface area contributed by atoms with Crippen molar-refractivity contribution in [3.63, 3.8) is 0 Å². The first-order valence-corrected chi connectivity index (χ1v) is 12.9. The molecule has 0 spiro atoms. The van der Waals surface area contributed by atoms with E-state index in [0.717, 1.165) is 24.5 Å². The number of nitrogens with zero attached hydrogens (tertiary/aromatic N) is 1. The van der Waals surface area contributed by atoms with Crippen molar-refractivity contribution in [2.45, 2.75) is 96.6 Å². The topological polar surface area (TPSA) is 118 Å². The first-order chi connectivity index (χ1) is 17.5. The third-order valence-electron chi connectivity index (χ3n) is 4.75. The molecule has 0 bridgehead atoms. The summed E-state index contributed by atoms with van der Waals surface area (Å²) in [4.78, 5) is 35.2. The van der Waals surface area contributed by atoms with E-state index in [2.05, 4.69) is 36.2 Å². The SMILES string of the molecule is C.C=C1OC(C)=C(CC(C)(C)C)O1.CN(C)CCOC(=O)C(C)(C)C.Cc1oc(=O)oc1COC(=O)C(C)(C)C. The zero-order chi connectivity index (χ0) is 30.8. The molecule has 0 aromatic carbocycles. The van der Waals surface area contributed by atoms with Crippen molar-refractivity contribution in [2.75, 3.05) is 27.2 Å². The zero-order valence-corrected chi connectivity index (χ0v) is 26.2. The number of hydrogen-bond acceptors (Lipinski definition) is 10. The average Bonchev–Trinajstić information content (AvgIpc) is 3.22. The summed E-state index contributed by atoms with van der Waals surface area (Å²) in [6, 6.07) is 0. The van der Waals surface area contributed by atoms with Crippen LogP contribution < -0.4 is 5.82 Å². The highest BCUT2D eigenvalue weighted by molar-refractivity contribution is 5.75. The summed E-state index contributed by atoms with van der Waals surface area (Å²) in [6.07, 6.45) is 0.887. The smallest absolute Gasteiger partial charge is 0.464 e. The lowest BCUT2D eigenvalue weighted by Gasteiger charge is -2.17. The normalized spacial score (nSPS) is 13.2. The predicted octanol–water partition coefficient (Wildman–Crippen LogP) is 6.58. The van der Waals surface area contributed by atoms with Crippen molar-refractivity contribution < 1.29 is 37.4 Å². The number of ether oxygens (including phenoxy) is 4. The van der Waals surface area contributed by atoms with E-state index in [9.17, 15) is 14.4 Å². The summed E-state index contributed by atoms with van der Waals surface area (Å²) in [6.45, 7) is 25.5. The van der Waals surface area contributed by atoms with Gasteiger partial charge in [-0.05, 0) is 81.5 Å². The van der Waals surface area contributed by atoms with Crippen molar-refractivity contribution >= 4 is 11.9 Å². The van der Waals surface area contributed by atoms with Gasteiger partial charge in [0.2, 0.25) is 0 Å². The van der Waals surface area contributed by atoms with Gasteiger partial charge in [-0.25, -0.2) is 4.79 Å². The standard InChI is InChI=1S/C10H14O5.C10H16O2.C9H19NO2.CH4/c1-6-7(15-9(12)14-6)5-13-8(11)10(2,3)4;1-7-9(6-10(3,4)5)12-8(2)11-7;1-9(2,3)8(11)12-7-6-10(4)5;/h5H2,1-4H3;2,6H2,1,3-5H3;6-7H2,1-5H3;1H4. The highest BCUT2D eigenvalue weighted by atomic mass is 16.7. The van der Waals surface area contributed by atoms with E-state index in [0.29, 0.717) is 18.3 Å². The van der Waals surface area contributed by atoms with Crippen molar-refractivity contribution in [1.82, 2.24) is 4.90 Å². The van der Waals surface area contributed by atoms with Gasteiger partial charge in [-0.2, -0.15) is 0 Å². The average molecular weight is 572 g/mol. The van der Waals surface area contributed by atoms with Gasteiger partial charge < -0.3 is 32.7 Å². The first kappa shape index (κ1) is 39.1. The lowest BCUT2D eigenvalue weighted by Crippen LogP contribution is -2.27. The van der Waals surface area contributed by atoms with Crippen LogP contribution in [-0.4, -0.2) is 44.1 Å². The zero-order valence-electron chi connectivity index (χ0n) is 26.2. The van der Waals surface area contributed by atoms with Gasteiger partial charge in [0, 0.05) is 13.0 Å². The van der Waals surface area contributed by atoms with Crippen molar-refractivity contribution in [3.8, 4) is 0 Å². The Kier molecular flexibility index (Phi) is 15.9. The molecule has 10 nitrogen and oxygen atoms in total. The molecular weight excluding hydrogens is 518 g/mol. The van der Waals surface area contributed by atoms with E-state index in [1.165, 1.54) is 0 Å². The van der Waals surface area contributed by atoms with Gasteiger partial charge in [0.1, 0.15) is 18.1 Å². The molecule has 1 aromatic heterocycles. The molecule has 0 amide bonds. The van der Waals surface area contributed by atoms with Gasteiger partial charge in [-0.3, -0.25) is 9.59 Å². The summed E-state index contributed by atoms with van der Waals surface area (Å²) in [7, 11) is 3.90. The molecule has 1 aliphatic rings. The van der Waals surface area contributed by atoms with Crippen LogP contribution in [0.1, 0.15) is 94.6 Å². The van der Waals surface area contributed by atoms with Gasteiger partial charge in [0.15, 0.2) is 18.1 Å². The number of likely N-dealkylation sites (N-methyl/N-ethyl adjacent to an activating group) is 1. The fraction of sp³-hybridized carbons (Fsp3) is 0.700. The van der Waals surface area contributed by atoms with Crippen LogP contribution in [0.25, 0.3) is 0 Å². The lowest BCUT2D eigenvalue weighted by atomic mass is 9.91. The Labute approximate surface area is 240 Å². The van der Waals surface area contributed by atoms with Gasteiger partial charge in [0.05, 0.1) is 10.8 Å². The molecule has 1 aromatic rings. The van der Waals surface area contributed by atoms with Gasteiger partial charge in [-0.1, -0.05) is 28.2 Å². The Morgan fingerprint density at radius 2 is 1.35 bits per heavy atom. The number of rotatable bonds is 6. The molecule has 232 valence electrons. The maximum atomic E-state index is 11.4. The van der Waals surface area contributed by atoms with Crippen molar-refractivity contribution in [3.05, 3.63) is 46.2 Å². The fourth-order valence-corrected chi connectivity index (χ4v) is 2.49. The first-order valence-electron chi connectivity index (χ1n) is 12.9. The molecule has 40 heavy (non-hydrogen) atoms. The molecule has 0 unspecified atom stereocenters. The van der Waals surface area contributed by atoms with Crippen LogP contribution in [0.3, 0.4) is 0 Å². The molecule has 0 saturated heterocycles. The third-order valence-corrected chi connectivity index (χ3v) is 4.75. The van der Waals surface area contributed by atoms with Gasteiger partial charge >= 0.3 is 17.8 Å². The molecule has 0 atom stereocenters. The molecule has 0 aliphatic carbocycles. The van der Waals surface area contributed by atoms with Crippen LogP contribution in [0.2, 0.25) is 0 Å². The molecular formula is C30H53NO9. The quantitative estimate of drug-likeness (QED) is 0.347. The minimum atomic E-state index is -0.783. The van der Waals surface area contributed by atoms with E-state index in [1.54, 1.807) is 27.7 Å². The number of esters is 2. The number of carbonyl (C=O) groups is 2. The number of carbonyl (C=O) groups excluding carboxylic acids is 2. The van der Waals surface area contributed by atoms with Gasteiger partial charge in [-0.15, -0.1) is 0 Å². The molecule has 0 fully saturated rings. The summed E-state index contributed by atoms with van der Waals surface area (Å²) >= 11 is 0. The Balaban J connectivity index is 0. The molecule has 0 N–H and O–H groups in total. The maximum absolute atomic E-state index is 11.4. The van der Waals surface area contributed by atoms with E-state index in [1.807, 2.05) is 46.7 Å². The Bertz CT molecular complexity index is 1040. The fourth-order valence-electron chi connectivity index (χ4n) is 2.49. The number of hydrogen-bond donors (Lipinski definition) is 0. The van der Waals surface area contributed by atoms with E-state index in [-0.39, 0.29) is 42.6 Å². The second-order valence-electron chi connectivity index (χ2n) is 12.7. The van der Waals surface area contributed by atoms with Gasteiger partial charge in [0.25, 0.3) is 5.95 Å². The van der Waals surface area contributed by atoms with E-state index < -0.39 is 11.2 Å². The molecule has 1 aliphatic heterocycles. The van der Waals surface area contributed by atoms with Crippen LogP contribution in [0.15, 0.2) is 37.7 Å². The van der Waals surface area contributed by atoms with Crippen LogP contribution in [0.5, 0.6) is 0 Å². The highest BCUT2D eigenvalue weighted by Crippen LogP contribution is 2.32. The van der Waals surface area contributed by atoms with Crippen LogP contribution in [0, 0.1) is 23.2 Å². The summed E-state index contributed by atoms with van der Waals surface area (Å²) in [5.74, 6) is 1.46. The highest BCUT2D eigenvalue weighted by Gasteiger charge is 2.25. The van der Waals surface area contributed by atoms with Crippen molar-refractivity contribution in [2.24, 2.45) is 16.2 Å². The van der Waals surface area contributed by atoms with Crippen LogP contribution in [0.4, 0.5) is 0 Å². The Hall–Kier alpha value is -3.01. The Morgan fingerprint density at radius 3 is 1.70 bits per heavy atom. The Morgan fingerprint density at radius 1 is 0.850 bits per heavy atom. The summed E-state index contributed by atoms with van der Waals surface area (Å²) < 4.78 is 29.8. The number of allylic oxidation sites excluding steroid dienone is 2. The summed E-state index contributed by atoms with van der Waals surface area (Å²) in [5.41, 5.74) is -0.727. The van der Waals surface area contributed by atoms with Crippen LogP contribution >= 0.6 is 0 Å². The molecule has 10 heteroatoms. The second-order valence-corrected chi connectivity index (χ2v) is 12.7. The minimum absolute atomic E-state index is 0. The van der Waals surface area contributed by atoms with E-state index >= 15 is 0 Å². The molecule has 0 saturated carbocycles. The molecule has 2 rings (SSSR count). The third kappa shape index (κ3) is 16.8. The number of aryl methyl sites for hydroxylation is 1. The molecule has 0 radical (unpaired) electrons. The lowest BCUT2D eigenvalue weighted by molar-refractivity contribution is -0.155. The van der Waals surface area contributed by atoms with Crippen LogP contribution in [-0.2, 0) is 35.1 Å². The van der Waals surface area contributed by atoms with Crippen molar-refractivity contribution in [1.29, 1.82) is 0 Å². The minimum Gasteiger partial charge on any atom is -0.464 e. The predicted molar refractivity (Wildman–Crippen MR) is 155 cm³/mol. The molecule has 2 heterocycles. The largest absolute Gasteiger partial charge is 0.519 e.